The summed E-state index contributed by atoms with van der Waals surface area (Å²) in [6, 6.07) is 7.70. The Morgan fingerprint density at radius 3 is 2.50 bits per heavy atom. The Bertz CT molecular complexity index is 505. The van der Waals surface area contributed by atoms with E-state index in [1.165, 1.54) is 11.1 Å². The van der Waals surface area contributed by atoms with Gasteiger partial charge in [0.15, 0.2) is 0 Å². The average molecular weight is 303 g/mol. The molecule has 1 aromatic rings. The molecule has 1 aliphatic heterocycles. The lowest BCUT2D eigenvalue weighted by Crippen LogP contribution is -2.41. The van der Waals surface area contributed by atoms with Gasteiger partial charge in [0, 0.05) is 26.1 Å². The summed E-state index contributed by atoms with van der Waals surface area (Å²) >= 11 is 0. The minimum Gasteiger partial charge on any atom is -0.355 e. The summed E-state index contributed by atoms with van der Waals surface area (Å²) < 4.78 is 0. The van der Waals surface area contributed by atoms with Gasteiger partial charge in [-0.3, -0.25) is 9.59 Å². The SMILES string of the molecule is CCCC(N)C(=O)NCCCC(=O)N1Cc2ccccc2C1. The number of carbonyl (C=O) groups excluding carboxylic acids is 2. The summed E-state index contributed by atoms with van der Waals surface area (Å²) in [5, 5.41) is 2.80. The highest BCUT2D eigenvalue weighted by atomic mass is 16.2. The number of rotatable bonds is 7. The number of nitrogens with one attached hydrogen (secondary N) is 1. The third-order valence-electron chi connectivity index (χ3n) is 4.00. The third kappa shape index (κ3) is 4.31. The Hall–Kier alpha value is -1.88. The summed E-state index contributed by atoms with van der Waals surface area (Å²) in [6.45, 7) is 3.90. The summed E-state index contributed by atoms with van der Waals surface area (Å²) in [5.74, 6) is 0.0196. The van der Waals surface area contributed by atoms with Gasteiger partial charge in [-0.15, -0.1) is 0 Å². The summed E-state index contributed by atoms with van der Waals surface area (Å²) in [6.07, 6.45) is 2.69. The van der Waals surface area contributed by atoms with Gasteiger partial charge in [0.25, 0.3) is 0 Å². The van der Waals surface area contributed by atoms with E-state index < -0.39 is 6.04 Å². The van der Waals surface area contributed by atoms with Crippen molar-refractivity contribution in [3.05, 3.63) is 35.4 Å². The maximum Gasteiger partial charge on any atom is 0.236 e. The number of hydrogen-bond donors (Lipinski definition) is 2. The molecule has 5 nitrogen and oxygen atoms in total. The van der Waals surface area contributed by atoms with Crippen LogP contribution < -0.4 is 11.1 Å². The molecule has 0 saturated heterocycles. The lowest BCUT2D eigenvalue weighted by atomic mass is 10.1. The number of benzene rings is 1. The number of amides is 2. The zero-order chi connectivity index (χ0) is 15.9. The van der Waals surface area contributed by atoms with E-state index in [4.69, 9.17) is 5.73 Å². The molecule has 0 aliphatic carbocycles. The van der Waals surface area contributed by atoms with Crippen molar-refractivity contribution in [3.63, 3.8) is 0 Å². The van der Waals surface area contributed by atoms with Gasteiger partial charge in [-0.2, -0.15) is 0 Å². The van der Waals surface area contributed by atoms with Crippen LogP contribution in [0.5, 0.6) is 0 Å². The second-order valence-electron chi connectivity index (χ2n) is 5.81. The van der Waals surface area contributed by atoms with Gasteiger partial charge in [0.2, 0.25) is 11.8 Å². The van der Waals surface area contributed by atoms with Crippen molar-refractivity contribution in [2.75, 3.05) is 6.54 Å². The monoisotopic (exact) mass is 303 g/mol. The summed E-state index contributed by atoms with van der Waals surface area (Å²) in [5.41, 5.74) is 8.19. The number of nitrogens with zero attached hydrogens (tertiary/aromatic N) is 1. The fourth-order valence-electron chi connectivity index (χ4n) is 2.69. The van der Waals surface area contributed by atoms with Crippen molar-refractivity contribution >= 4 is 11.8 Å². The molecule has 120 valence electrons. The maximum absolute atomic E-state index is 12.2. The number of hydrogen-bond acceptors (Lipinski definition) is 3. The van der Waals surface area contributed by atoms with Gasteiger partial charge >= 0.3 is 0 Å². The molecule has 2 rings (SSSR count). The Morgan fingerprint density at radius 2 is 1.91 bits per heavy atom. The van der Waals surface area contributed by atoms with Gasteiger partial charge < -0.3 is 16.0 Å². The largest absolute Gasteiger partial charge is 0.355 e. The van der Waals surface area contributed by atoms with Crippen LogP contribution >= 0.6 is 0 Å². The molecular weight excluding hydrogens is 278 g/mol. The molecule has 1 aliphatic rings. The molecule has 2 amide bonds. The van der Waals surface area contributed by atoms with E-state index in [0.717, 1.165) is 6.42 Å². The third-order valence-corrected chi connectivity index (χ3v) is 4.00. The molecule has 5 heteroatoms. The van der Waals surface area contributed by atoms with Crippen LogP contribution in [0.1, 0.15) is 43.7 Å². The van der Waals surface area contributed by atoms with Crippen LogP contribution in [0.25, 0.3) is 0 Å². The Kier molecular flexibility index (Phi) is 5.95. The number of nitrogens with two attached hydrogens (primary N) is 1. The van der Waals surface area contributed by atoms with E-state index in [1.807, 2.05) is 24.0 Å². The van der Waals surface area contributed by atoms with E-state index in [2.05, 4.69) is 17.4 Å². The second kappa shape index (κ2) is 7.94. The van der Waals surface area contributed by atoms with Crippen LogP contribution in [0.2, 0.25) is 0 Å². The summed E-state index contributed by atoms with van der Waals surface area (Å²) in [4.78, 5) is 25.7. The normalized spacial score (nSPS) is 14.5. The Balaban J connectivity index is 1.66. The fraction of sp³-hybridized carbons (Fsp3) is 0.529. The predicted octanol–water partition coefficient (Wildman–Crippen LogP) is 1.55. The first-order valence-electron chi connectivity index (χ1n) is 7.99. The molecule has 0 saturated carbocycles. The highest BCUT2D eigenvalue weighted by molar-refractivity contribution is 5.81. The van der Waals surface area contributed by atoms with E-state index in [-0.39, 0.29) is 11.8 Å². The van der Waals surface area contributed by atoms with Crippen molar-refractivity contribution in [2.45, 2.75) is 51.7 Å². The minimum atomic E-state index is -0.436. The number of fused-ring (bicyclic) bond motifs is 1. The second-order valence-corrected chi connectivity index (χ2v) is 5.81. The van der Waals surface area contributed by atoms with Crippen LogP contribution in [0, 0.1) is 0 Å². The van der Waals surface area contributed by atoms with Crippen LogP contribution in [-0.2, 0) is 22.7 Å². The molecule has 1 aromatic carbocycles. The van der Waals surface area contributed by atoms with E-state index in [0.29, 0.717) is 38.9 Å². The number of carbonyl (C=O) groups is 2. The predicted molar refractivity (Wildman–Crippen MR) is 85.8 cm³/mol. The van der Waals surface area contributed by atoms with Gasteiger partial charge in [-0.1, -0.05) is 37.6 Å². The van der Waals surface area contributed by atoms with Gasteiger partial charge in [0.1, 0.15) is 0 Å². The molecule has 0 radical (unpaired) electrons. The standard InChI is InChI=1S/C17H25N3O2/c1-2-6-15(18)17(22)19-10-5-9-16(21)20-11-13-7-3-4-8-14(13)12-20/h3-4,7-8,15H,2,5-6,9-12,18H2,1H3,(H,19,22). The first-order valence-corrected chi connectivity index (χ1v) is 7.99. The van der Waals surface area contributed by atoms with Gasteiger partial charge in [-0.25, -0.2) is 0 Å². The van der Waals surface area contributed by atoms with E-state index in [1.54, 1.807) is 0 Å². The minimum absolute atomic E-state index is 0.122. The van der Waals surface area contributed by atoms with Crippen LogP contribution in [0.15, 0.2) is 24.3 Å². The van der Waals surface area contributed by atoms with Gasteiger partial charge in [-0.05, 0) is 24.0 Å². The molecule has 1 atom stereocenters. The lowest BCUT2D eigenvalue weighted by Gasteiger charge is -2.16. The van der Waals surface area contributed by atoms with Crippen molar-refractivity contribution < 1.29 is 9.59 Å². The molecular formula is C17H25N3O2. The first-order chi connectivity index (χ1) is 10.6. The lowest BCUT2D eigenvalue weighted by molar-refractivity contribution is -0.132. The van der Waals surface area contributed by atoms with Crippen molar-refractivity contribution in [1.29, 1.82) is 0 Å². The molecule has 0 bridgehead atoms. The quantitative estimate of drug-likeness (QED) is 0.751. The van der Waals surface area contributed by atoms with Crippen LogP contribution in [0.4, 0.5) is 0 Å². The molecule has 0 fully saturated rings. The molecule has 3 N–H and O–H groups in total. The highest BCUT2D eigenvalue weighted by Gasteiger charge is 2.22. The molecule has 1 heterocycles. The topological polar surface area (TPSA) is 75.4 Å². The van der Waals surface area contributed by atoms with Crippen molar-refractivity contribution in [2.24, 2.45) is 5.73 Å². The van der Waals surface area contributed by atoms with Gasteiger partial charge in [0.05, 0.1) is 6.04 Å². The Morgan fingerprint density at radius 1 is 1.27 bits per heavy atom. The fourth-order valence-corrected chi connectivity index (χ4v) is 2.69. The smallest absolute Gasteiger partial charge is 0.236 e. The van der Waals surface area contributed by atoms with Crippen molar-refractivity contribution in [1.82, 2.24) is 10.2 Å². The highest BCUT2D eigenvalue weighted by Crippen LogP contribution is 2.22. The summed E-state index contributed by atoms with van der Waals surface area (Å²) in [7, 11) is 0. The Labute approximate surface area is 131 Å². The van der Waals surface area contributed by atoms with Crippen LogP contribution in [-0.4, -0.2) is 29.3 Å². The van der Waals surface area contributed by atoms with Crippen LogP contribution in [0.3, 0.4) is 0 Å². The molecule has 0 spiro atoms. The van der Waals surface area contributed by atoms with Crippen molar-refractivity contribution in [3.8, 4) is 0 Å². The molecule has 0 aromatic heterocycles. The van der Waals surface area contributed by atoms with E-state index >= 15 is 0 Å². The zero-order valence-electron chi connectivity index (χ0n) is 13.2. The van der Waals surface area contributed by atoms with E-state index in [9.17, 15) is 9.59 Å². The maximum atomic E-state index is 12.2. The molecule has 22 heavy (non-hydrogen) atoms. The zero-order valence-corrected chi connectivity index (χ0v) is 13.2. The first kappa shape index (κ1) is 16.5. The average Bonchev–Trinajstić information content (AvgIpc) is 2.95. The molecule has 1 unspecified atom stereocenters.